The van der Waals surface area contributed by atoms with E-state index in [0.717, 1.165) is 34.9 Å². The van der Waals surface area contributed by atoms with Crippen LogP contribution in [-0.4, -0.2) is 11.6 Å². The Balaban J connectivity index is 1.62. The number of halogens is 1. The average Bonchev–Trinajstić information content (AvgIpc) is 3.35. The predicted octanol–water partition coefficient (Wildman–Crippen LogP) is 8.09. The molecule has 1 fully saturated rings. The Labute approximate surface area is 215 Å². The maximum absolute atomic E-state index is 12.6. The van der Waals surface area contributed by atoms with Crippen molar-refractivity contribution in [3.63, 3.8) is 0 Å². The first-order valence-corrected chi connectivity index (χ1v) is 13.0. The highest BCUT2D eigenvalue weighted by molar-refractivity contribution is 6.31. The second-order valence-electron chi connectivity index (χ2n) is 10.6. The molecular weight excluding hydrogens is 454 g/mol. The molecule has 4 rings (SSSR count). The Morgan fingerprint density at radius 3 is 2.29 bits per heavy atom. The van der Waals surface area contributed by atoms with Gasteiger partial charge < -0.3 is 9.64 Å². The molecule has 0 heterocycles. The normalized spacial score (nSPS) is 14.2. The number of benzene rings is 3. The summed E-state index contributed by atoms with van der Waals surface area (Å²) in [5.41, 5.74) is 5.46. The van der Waals surface area contributed by atoms with Crippen molar-refractivity contribution in [1.29, 1.82) is 0 Å². The van der Waals surface area contributed by atoms with Gasteiger partial charge in [-0.2, -0.15) is 0 Å². The lowest BCUT2D eigenvalue weighted by molar-refractivity contribution is -0.153. The fourth-order valence-electron chi connectivity index (χ4n) is 4.98. The van der Waals surface area contributed by atoms with Crippen LogP contribution in [0, 0.1) is 0 Å². The molecular formula is C31H36ClNO2. The van der Waals surface area contributed by atoms with Crippen molar-refractivity contribution < 1.29 is 9.53 Å². The average molecular weight is 490 g/mol. The van der Waals surface area contributed by atoms with Crippen LogP contribution in [0.25, 0.3) is 0 Å². The Kier molecular flexibility index (Phi) is 8.18. The van der Waals surface area contributed by atoms with E-state index in [2.05, 4.69) is 53.4 Å². The summed E-state index contributed by atoms with van der Waals surface area (Å²) < 4.78 is 5.63. The highest BCUT2D eigenvalue weighted by Crippen LogP contribution is 2.37. The topological polar surface area (TPSA) is 29.5 Å². The van der Waals surface area contributed by atoms with Gasteiger partial charge in [0.1, 0.15) is 5.60 Å². The summed E-state index contributed by atoms with van der Waals surface area (Å²) in [7, 11) is 0. The van der Waals surface area contributed by atoms with E-state index in [9.17, 15) is 4.79 Å². The Morgan fingerprint density at radius 1 is 0.914 bits per heavy atom. The van der Waals surface area contributed by atoms with Crippen LogP contribution < -0.4 is 4.90 Å². The van der Waals surface area contributed by atoms with E-state index in [4.69, 9.17) is 16.3 Å². The monoisotopic (exact) mass is 489 g/mol. The molecule has 0 unspecified atom stereocenters. The third kappa shape index (κ3) is 7.11. The van der Waals surface area contributed by atoms with Crippen molar-refractivity contribution >= 4 is 23.3 Å². The summed E-state index contributed by atoms with van der Waals surface area (Å²) in [4.78, 5) is 15.0. The third-order valence-electron chi connectivity index (χ3n) is 6.57. The number of rotatable bonds is 8. The van der Waals surface area contributed by atoms with Gasteiger partial charge in [0, 0.05) is 23.8 Å². The van der Waals surface area contributed by atoms with Crippen LogP contribution in [-0.2, 0) is 29.0 Å². The molecule has 1 aliphatic carbocycles. The maximum Gasteiger partial charge on any atom is 0.310 e. The molecule has 0 saturated heterocycles. The van der Waals surface area contributed by atoms with E-state index in [1.54, 1.807) is 0 Å². The lowest BCUT2D eigenvalue weighted by Gasteiger charge is -2.27. The first-order chi connectivity index (χ1) is 16.8. The van der Waals surface area contributed by atoms with Crippen molar-refractivity contribution in [2.75, 3.05) is 4.90 Å². The number of carbonyl (C=O) groups is 1. The Bertz CT molecular complexity index is 1130. The van der Waals surface area contributed by atoms with Crippen molar-refractivity contribution in [2.45, 2.75) is 77.5 Å². The van der Waals surface area contributed by atoms with E-state index in [0.29, 0.717) is 12.3 Å². The summed E-state index contributed by atoms with van der Waals surface area (Å²) in [6.07, 6.45) is 5.21. The molecule has 3 nitrogen and oxygen atoms in total. The summed E-state index contributed by atoms with van der Waals surface area (Å²) >= 11 is 6.51. The number of hydrogen-bond acceptors (Lipinski definition) is 3. The van der Waals surface area contributed by atoms with E-state index in [1.165, 1.54) is 36.8 Å². The zero-order valence-corrected chi connectivity index (χ0v) is 21.9. The molecule has 35 heavy (non-hydrogen) atoms. The highest BCUT2D eigenvalue weighted by Gasteiger charge is 2.24. The van der Waals surface area contributed by atoms with Crippen LogP contribution >= 0.6 is 11.6 Å². The third-order valence-corrected chi connectivity index (χ3v) is 6.94. The number of hydrogen-bond donors (Lipinski definition) is 0. The fraction of sp³-hybridized carbons (Fsp3) is 0.387. The van der Waals surface area contributed by atoms with Crippen LogP contribution in [0.15, 0.2) is 72.8 Å². The smallest absolute Gasteiger partial charge is 0.310 e. The molecule has 0 N–H and O–H groups in total. The second-order valence-corrected chi connectivity index (χ2v) is 11.0. The minimum atomic E-state index is -0.473. The molecule has 1 aliphatic rings. The molecule has 0 aliphatic heterocycles. The lowest BCUT2D eigenvalue weighted by atomic mass is 9.89. The molecule has 0 atom stereocenters. The van der Waals surface area contributed by atoms with Gasteiger partial charge in [-0.05, 0) is 80.0 Å². The zero-order chi connectivity index (χ0) is 24.8. The Hall–Kier alpha value is -2.78. The van der Waals surface area contributed by atoms with Crippen molar-refractivity contribution in [1.82, 2.24) is 0 Å². The van der Waals surface area contributed by atoms with Crippen molar-refractivity contribution in [2.24, 2.45) is 0 Å². The number of nitrogens with zero attached hydrogens (tertiary/aromatic N) is 1. The van der Waals surface area contributed by atoms with E-state index in [-0.39, 0.29) is 5.97 Å². The number of anilines is 1. The van der Waals surface area contributed by atoms with E-state index >= 15 is 0 Å². The standard InChI is InChI=1S/C31H36ClNO2/c1-31(2,3)35-30(34)20-25-18-17-23(19-28(25)24-11-7-8-12-24)21-33(27-14-5-4-6-15-27)22-26-13-9-10-16-29(26)32/h4-6,9-10,13-19,24H,7-8,11-12,20-22H2,1-3H3. The van der Waals surface area contributed by atoms with Gasteiger partial charge in [0.25, 0.3) is 0 Å². The van der Waals surface area contributed by atoms with Gasteiger partial charge in [0.2, 0.25) is 0 Å². The number of esters is 1. The molecule has 0 spiro atoms. The van der Waals surface area contributed by atoms with Crippen molar-refractivity contribution in [3.05, 3.63) is 100 Å². The molecule has 0 amide bonds. The largest absolute Gasteiger partial charge is 0.460 e. The minimum Gasteiger partial charge on any atom is -0.460 e. The molecule has 0 aromatic heterocycles. The maximum atomic E-state index is 12.6. The van der Waals surface area contributed by atoms with Gasteiger partial charge in [-0.15, -0.1) is 0 Å². The second kappa shape index (κ2) is 11.3. The van der Waals surface area contributed by atoms with Gasteiger partial charge in [-0.25, -0.2) is 0 Å². The van der Waals surface area contributed by atoms with Crippen molar-refractivity contribution in [3.8, 4) is 0 Å². The van der Waals surface area contributed by atoms with Gasteiger partial charge in [-0.1, -0.05) is 79.0 Å². The first kappa shape index (κ1) is 25.3. The molecule has 1 saturated carbocycles. The van der Waals surface area contributed by atoms with Gasteiger partial charge in [-0.3, -0.25) is 4.79 Å². The summed E-state index contributed by atoms with van der Waals surface area (Å²) in [6, 6.07) is 25.2. The van der Waals surface area contributed by atoms with E-state index < -0.39 is 5.60 Å². The summed E-state index contributed by atoms with van der Waals surface area (Å²) in [5.74, 6) is 0.357. The molecule has 0 bridgehead atoms. The number of carbonyl (C=O) groups excluding carboxylic acids is 1. The SMILES string of the molecule is CC(C)(C)OC(=O)Cc1ccc(CN(Cc2ccccc2Cl)c2ccccc2)cc1C1CCCC1. The van der Waals surface area contributed by atoms with Crippen LogP contribution in [0.1, 0.15) is 74.6 Å². The summed E-state index contributed by atoms with van der Waals surface area (Å²) in [6.45, 7) is 7.25. The van der Waals surface area contributed by atoms with Gasteiger partial charge >= 0.3 is 5.97 Å². The molecule has 3 aromatic carbocycles. The molecule has 3 aromatic rings. The lowest BCUT2D eigenvalue weighted by Crippen LogP contribution is -2.25. The Morgan fingerprint density at radius 2 is 1.60 bits per heavy atom. The van der Waals surface area contributed by atoms with Crippen LogP contribution in [0.2, 0.25) is 5.02 Å². The van der Waals surface area contributed by atoms with E-state index in [1.807, 2.05) is 45.0 Å². The minimum absolute atomic E-state index is 0.158. The van der Waals surface area contributed by atoms with Gasteiger partial charge in [0.15, 0.2) is 0 Å². The van der Waals surface area contributed by atoms with Crippen LogP contribution in [0.4, 0.5) is 5.69 Å². The molecule has 184 valence electrons. The molecule has 0 radical (unpaired) electrons. The van der Waals surface area contributed by atoms with Crippen LogP contribution in [0.3, 0.4) is 0 Å². The van der Waals surface area contributed by atoms with Crippen LogP contribution in [0.5, 0.6) is 0 Å². The fourth-order valence-corrected chi connectivity index (χ4v) is 5.18. The number of ether oxygens (including phenoxy) is 1. The highest BCUT2D eigenvalue weighted by atomic mass is 35.5. The summed E-state index contributed by atoms with van der Waals surface area (Å²) in [5, 5.41) is 0.785. The van der Waals surface area contributed by atoms with Gasteiger partial charge in [0.05, 0.1) is 6.42 Å². The zero-order valence-electron chi connectivity index (χ0n) is 21.1. The number of para-hydroxylation sites is 1. The molecule has 4 heteroatoms. The predicted molar refractivity (Wildman–Crippen MR) is 145 cm³/mol. The quantitative estimate of drug-likeness (QED) is 0.299. The first-order valence-electron chi connectivity index (χ1n) is 12.7.